The van der Waals surface area contributed by atoms with E-state index < -0.39 is 11.7 Å². The van der Waals surface area contributed by atoms with Gasteiger partial charge in [0.25, 0.3) is 5.91 Å². The van der Waals surface area contributed by atoms with Crippen LogP contribution in [-0.4, -0.2) is 17.6 Å². The highest BCUT2D eigenvalue weighted by Gasteiger charge is 2.11. The van der Waals surface area contributed by atoms with Crippen LogP contribution >= 0.6 is 0 Å². The van der Waals surface area contributed by atoms with Gasteiger partial charge in [-0.15, -0.1) is 0 Å². The molecule has 17 heavy (non-hydrogen) atoms. The normalized spacial score (nSPS) is 10.6. The zero-order chi connectivity index (χ0) is 12.8. The number of aromatic hydroxyl groups is 1. The van der Waals surface area contributed by atoms with Crippen molar-refractivity contribution in [1.29, 1.82) is 0 Å². The van der Waals surface area contributed by atoms with Crippen LogP contribution in [0.25, 0.3) is 0 Å². The third-order valence-corrected chi connectivity index (χ3v) is 2.45. The monoisotopic (exact) mass is 239 g/mol. The number of halogens is 1. The average molecular weight is 239 g/mol. The molecule has 1 aromatic rings. The number of hydrogen-bond donors (Lipinski definition) is 2. The maximum atomic E-state index is 12.9. The van der Waals surface area contributed by atoms with Crippen LogP contribution in [0.1, 0.15) is 37.0 Å². The Bertz CT molecular complexity index is 391. The molecule has 0 aliphatic rings. The van der Waals surface area contributed by atoms with Crippen LogP contribution < -0.4 is 5.32 Å². The van der Waals surface area contributed by atoms with Gasteiger partial charge in [0.05, 0.1) is 5.56 Å². The van der Waals surface area contributed by atoms with Gasteiger partial charge in [0, 0.05) is 6.54 Å². The van der Waals surface area contributed by atoms with Crippen LogP contribution in [0, 0.1) is 11.7 Å². The summed E-state index contributed by atoms with van der Waals surface area (Å²) in [4.78, 5) is 11.6. The van der Waals surface area contributed by atoms with Crippen molar-refractivity contribution in [3.05, 3.63) is 29.6 Å². The van der Waals surface area contributed by atoms with Crippen LogP contribution in [0.2, 0.25) is 0 Å². The fraction of sp³-hybridized carbons (Fsp3) is 0.462. The number of rotatable bonds is 5. The lowest BCUT2D eigenvalue weighted by Gasteiger charge is -2.08. The van der Waals surface area contributed by atoms with Gasteiger partial charge in [0.1, 0.15) is 11.6 Å². The molecule has 3 nitrogen and oxygen atoms in total. The first-order chi connectivity index (χ1) is 8.00. The van der Waals surface area contributed by atoms with Crippen molar-refractivity contribution in [3.63, 3.8) is 0 Å². The van der Waals surface area contributed by atoms with Crippen molar-refractivity contribution in [2.45, 2.75) is 26.7 Å². The zero-order valence-corrected chi connectivity index (χ0v) is 10.2. The van der Waals surface area contributed by atoms with Crippen LogP contribution in [-0.2, 0) is 0 Å². The molecule has 0 aliphatic heterocycles. The summed E-state index contributed by atoms with van der Waals surface area (Å²) in [5.41, 5.74) is -0.0189. The van der Waals surface area contributed by atoms with Crippen molar-refractivity contribution in [2.24, 2.45) is 5.92 Å². The van der Waals surface area contributed by atoms with Crippen LogP contribution in [0.3, 0.4) is 0 Å². The SMILES string of the molecule is CC(C)CCCNC(=O)c1cc(F)ccc1O. The van der Waals surface area contributed by atoms with Gasteiger partial charge in [-0.2, -0.15) is 0 Å². The zero-order valence-electron chi connectivity index (χ0n) is 10.2. The minimum Gasteiger partial charge on any atom is -0.507 e. The van der Waals surface area contributed by atoms with E-state index in [0.29, 0.717) is 12.5 Å². The smallest absolute Gasteiger partial charge is 0.255 e. The number of carbonyl (C=O) groups excluding carboxylic acids is 1. The number of amides is 1. The Morgan fingerprint density at radius 2 is 2.18 bits per heavy atom. The molecule has 0 aliphatic carbocycles. The van der Waals surface area contributed by atoms with E-state index in [4.69, 9.17) is 0 Å². The van der Waals surface area contributed by atoms with Gasteiger partial charge < -0.3 is 10.4 Å². The maximum absolute atomic E-state index is 12.9. The third-order valence-electron chi connectivity index (χ3n) is 2.45. The van der Waals surface area contributed by atoms with E-state index in [2.05, 4.69) is 19.2 Å². The predicted octanol–water partition coefficient (Wildman–Crippen LogP) is 2.70. The van der Waals surface area contributed by atoms with E-state index in [9.17, 15) is 14.3 Å². The van der Waals surface area contributed by atoms with Gasteiger partial charge in [-0.05, 0) is 37.0 Å². The fourth-order valence-electron chi connectivity index (χ4n) is 1.50. The molecule has 2 N–H and O–H groups in total. The molecule has 1 rings (SSSR count). The number of phenolic OH excluding ortho intramolecular Hbond substituents is 1. The molecule has 0 spiro atoms. The van der Waals surface area contributed by atoms with Crippen LogP contribution in [0.15, 0.2) is 18.2 Å². The van der Waals surface area contributed by atoms with Gasteiger partial charge in [-0.1, -0.05) is 13.8 Å². The van der Waals surface area contributed by atoms with Gasteiger partial charge >= 0.3 is 0 Å². The molecular formula is C13H18FNO2. The molecule has 94 valence electrons. The number of carbonyl (C=O) groups is 1. The molecule has 1 amide bonds. The fourth-order valence-corrected chi connectivity index (χ4v) is 1.50. The minimum absolute atomic E-state index is 0.0189. The summed E-state index contributed by atoms with van der Waals surface area (Å²) in [6.07, 6.45) is 1.90. The summed E-state index contributed by atoms with van der Waals surface area (Å²) >= 11 is 0. The molecule has 0 radical (unpaired) electrons. The minimum atomic E-state index is -0.532. The Hall–Kier alpha value is -1.58. The first kappa shape index (κ1) is 13.5. The summed E-state index contributed by atoms with van der Waals surface area (Å²) < 4.78 is 12.9. The van der Waals surface area contributed by atoms with E-state index in [1.807, 2.05) is 0 Å². The second-order valence-corrected chi connectivity index (χ2v) is 4.45. The maximum Gasteiger partial charge on any atom is 0.255 e. The highest BCUT2D eigenvalue weighted by molar-refractivity contribution is 5.96. The Kier molecular flexibility index (Phi) is 4.94. The molecule has 0 saturated carbocycles. The predicted molar refractivity (Wildman–Crippen MR) is 64.5 cm³/mol. The van der Waals surface area contributed by atoms with E-state index in [0.717, 1.165) is 25.0 Å². The average Bonchev–Trinajstić information content (AvgIpc) is 2.27. The summed E-state index contributed by atoms with van der Waals surface area (Å²) in [6, 6.07) is 3.33. The Labute approximate surface area is 101 Å². The molecule has 0 heterocycles. The van der Waals surface area contributed by atoms with E-state index in [-0.39, 0.29) is 11.3 Å². The summed E-state index contributed by atoms with van der Waals surface area (Å²) in [5.74, 6) is -0.580. The molecule has 0 saturated heterocycles. The van der Waals surface area contributed by atoms with Gasteiger partial charge in [-0.25, -0.2) is 4.39 Å². The lowest BCUT2D eigenvalue weighted by Crippen LogP contribution is -2.24. The summed E-state index contributed by atoms with van der Waals surface area (Å²) in [5, 5.41) is 12.1. The van der Waals surface area contributed by atoms with Crippen molar-refractivity contribution >= 4 is 5.91 Å². The molecule has 0 bridgehead atoms. The van der Waals surface area contributed by atoms with Crippen molar-refractivity contribution in [1.82, 2.24) is 5.32 Å². The molecule has 1 aromatic carbocycles. The molecule has 0 aromatic heterocycles. The first-order valence-electron chi connectivity index (χ1n) is 5.77. The quantitative estimate of drug-likeness (QED) is 0.776. The standard InChI is InChI=1S/C13H18FNO2/c1-9(2)4-3-7-15-13(17)11-8-10(14)5-6-12(11)16/h5-6,8-9,16H,3-4,7H2,1-2H3,(H,15,17). The second-order valence-electron chi connectivity index (χ2n) is 4.45. The first-order valence-corrected chi connectivity index (χ1v) is 5.77. The number of nitrogens with one attached hydrogen (secondary N) is 1. The van der Waals surface area contributed by atoms with Gasteiger partial charge in [0.2, 0.25) is 0 Å². The van der Waals surface area contributed by atoms with E-state index in [1.165, 1.54) is 6.07 Å². The van der Waals surface area contributed by atoms with E-state index in [1.54, 1.807) is 0 Å². The van der Waals surface area contributed by atoms with Crippen molar-refractivity contribution < 1.29 is 14.3 Å². The number of phenols is 1. The highest BCUT2D eigenvalue weighted by atomic mass is 19.1. The number of hydrogen-bond acceptors (Lipinski definition) is 2. The Balaban J connectivity index is 2.49. The lowest BCUT2D eigenvalue weighted by molar-refractivity contribution is 0.0949. The number of benzene rings is 1. The third kappa shape index (κ3) is 4.43. The highest BCUT2D eigenvalue weighted by Crippen LogP contribution is 2.17. The van der Waals surface area contributed by atoms with Crippen molar-refractivity contribution in [3.8, 4) is 5.75 Å². The molecule has 0 atom stereocenters. The molecule has 0 fully saturated rings. The van der Waals surface area contributed by atoms with Crippen LogP contribution in [0.4, 0.5) is 4.39 Å². The Morgan fingerprint density at radius 1 is 1.47 bits per heavy atom. The van der Waals surface area contributed by atoms with Gasteiger partial charge in [0.15, 0.2) is 0 Å². The second kappa shape index (κ2) is 6.23. The van der Waals surface area contributed by atoms with E-state index >= 15 is 0 Å². The molecular weight excluding hydrogens is 221 g/mol. The summed E-state index contributed by atoms with van der Waals surface area (Å²) in [6.45, 7) is 4.76. The Morgan fingerprint density at radius 3 is 2.82 bits per heavy atom. The summed E-state index contributed by atoms with van der Waals surface area (Å²) in [7, 11) is 0. The topological polar surface area (TPSA) is 49.3 Å². The largest absolute Gasteiger partial charge is 0.507 e. The lowest BCUT2D eigenvalue weighted by atomic mass is 10.1. The molecule has 0 unspecified atom stereocenters. The van der Waals surface area contributed by atoms with Crippen molar-refractivity contribution in [2.75, 3.05) is 6.54 Å². The van der Waals surface area contributed by atoms with Crippen LogP contribution in [0.5, 0.6) is 5.75 Å². The molecule has 4 heteroatoms. The van der Waals surface area contributed by atoms with Gasteiger partial charge in [-0.3, -0.25) is 4.79 Å².